The zero-order valence-electron chi connectivity index (χ0n) is 16.4. The summed E-state index contributed by atoms with van der Waals surface area (Å²) in [5, 5.41) is 15.5. The second kappa shape index (κ2) is 7.40. The number of pyridine rings is 3. The fourth-order valence-corrected chi connectivity index (χ4v) is 3.27. The van der Waals surface area contributed by atoms with Gasteiger partial charge >= 0.3 is 0 Å². The van der Waals surface area contributed by atoms with Crippen LogP contribution in [0.4, 0.5) is 14.6 Å². The van der Waals surface area contributed by atoms with E-state index >= 15 is 0 Å². The van der Waals surface area contributed by atoms with Crippen molar-refractivity contribution in [2.75, 3.05) is 5.32 Å². The highest BCUT2D eigenvalue weighted by Gasteiger charge is 2.61. The summed E-state index contributed by atoms with van der Waals surface area (Å²) in [5.41, 5.74) is 4.33. The third kappa shape index (κ3) is 3.70. The maximum Gasteiger partial charge on any atom is 0.260 e. The molecule has 0 aliphatic heterocycles. The van der Waals surface area contributed by atoms with Crippen molar-refractivity contribution in [3.8, 4) is 11.1 Å². The van der Waals surface area contributed by atoms with Gasteiger partial charge in [0, 0.05) is 47.6 Å². The first kappa shape index (κ1) is 19.8. The van der Waals surface area contributed by atoms with Gasteiger partial charge in [-0.05, 0) is 31.0 Å². The first-order valence-corrected chi connectivity index (χ1v) is 9.45. The maximum absolute atomic E-state index is 13.0. The molecule has 2 N–H and O–H groups in total. The van der Waals surface area contributed by atoms with Crippen molar-refractivity contribution in [1.82, 2.24) is 15.0 Å². The lowest BCUT2D eigenvalue weighted by Gasteiger charge is -2.10. The number of amides is 1. The number of carbonyl (C=O) groups is 1. The Balaban J connectivity index is 1.59. The molecule has 9 heteroatoms. The van der Waals surface area contributed by atoms with E-state index in [2.05, 4.69) is 25.4 Å². The molecule has 1 aliphatic carbocycles. The number of nitrogens with one attached hydrogen (secondary N) is 1. The van der Waals surface area contributed by atoms with E-state index in [4.69, 9.17) is 5.21 Å². The molecule has 3 aromatic heterocycles. The Hall–Kier alpha value is -3.49. The van der Waals surface area contributed by atoms with Crippen LogP contribution in [0.25, 0.3) is 22.0 Å². The summed E-state index contributed by atoms with van der Waals surface area (Å²) in [5.74, 6) is -4.75. The molecule has 154 valence electrons. The normalized spacial score (nSPS) is 17.7. The molecule has 4 rings (SSSR count). The van der Waals surface area contributed by atoms with Crippen LogP contribution in [-0.4, -0.2) is 37.7 Å². The van der Waals surface area contributed by atoms with E-state index in [9.17, 15) is 13.6 Å². The third-order valence-corrected chi connectivity index (χ3v) is 5.13. The van der Waals surface area contributed by atoms with Gasteiger partial charge in [-0.15, -0.1) is 0 Å². The van der Waals surface area contributed by atoms with E-state index in [0.29, 0.717) is 23.3 Å². The van der Waals surface area contributed by atoms with Crippen molar-refractivity contribution in [3.05, 3.63) is 48.0 Å². The Morgan fingerprint density at radius 3 is 2.63 bits per heavy atom. The second-order valence-corrected chi connectivity index (χ2v) is 7.28. The SMILES string of the molecule is CC/C(=N/O)c1cc(C)c(-c2cnc3cc(NC(=O)[C@H]4CC4(F)F)ncc3c2)cn1. The number of nitrogens with zero attached hydrogens (tertiary/aromatic N) is 4. The largest absolute Gasteiger partial charge is 0.411 e. The molecule has 0 radical (unpaired) electrons. The van der Waals surface area contributed by atoms with Crippen molar-refractivity contribution in [3.63, 3.8) is 0 Å². The molecular weight excluding hydrogens is 392 g/mol. The van der Waals surface area contributed by atoms with Crippen LogP contribution in [0, 0.1) is 12.8 Å². The van der Waals surface area contributed by atoms with E-state index in [-0.39, 0.29) is 5.82 Å². The van der Waals surface area contributed by atoms with Gasteiger partial charge in [-0.2, -0.15) is 0 Å². The highest BCUT2D eigenvalue weighted by Crippen LogP contribution is 2.49. The number of halogens is 2. The molecule has 0 unspecified atom stereocenters. The molecule has 1 fully saturated rings. The summed E-state index contributed by atoms with van der Waals surface area (Å²) >= 11 is 0. The molecule has 0 aromatic carbocycles. The molecule has 1 atom stereocenters. The predicted molar refractivity (Wildman–Crippen MR) is 108 cm³/mol. The number of fused-ring (bicyclic) bond motifs is 1. The van der Waals surface area contributed by atoms with Gasteiger partial charge in [-0.25, -0.2) is 13.8 Å². The van der Waals surface area contributed by atoms with Gasteiger partial charge in [0.15, 0.2) is 0 Å². The number of aryl methyl sites for hydroxylation is 1. The van der Waals surface area contributed by atoms with Crippen LogP contribution in [0.2, 0.25) is 0 Å². The average molecular weight is 411 g/mol. The van der Waals surface area contributed by atoms with E-state index in [1.165, 1.54) is 6.20 Å². The minimum absolute atomic E-state index is 0.188. The summed E-state index contributed by atoms with van der Waals surface area (Å²) in [6.45, 7) is 3.81. The Morgan fingerprint density at radius 1 is 1.23 bits per heavy atom. The zero-order valence-corrected chi connectivity index (χ0v) is 16.4. The summed E-state index contributed by atoms with van der Waals surface area (Å²) in [7, 11) is 0. The number of oxime groups is 1. The van der Waals surface area contributed by atoms with Crippen LogP contribution in [0.15, 0.2) is 41.9 Å². The van der Waals surface area contributed by atoms with Crippen molar-refractivity contribution in [2.45, 2.75) is 32.6 Å². The minimum atomic E-state index is -2.92. The number of rotatable bonds is 5. The first-order valence-electron chi connectivity index (χ1n) is 9.45. The minimum Gasteiger partial charge on any atom is -0.411 e. The fourth-order valence-electron chi connectivity index (χ4n) is 3.27. The third-order valence-electron chi connectivity index (χ3n) is 5.13. The van der Waals surface area contributed by atoms with Crippen molar-refractivity contribution in [2.24, 2.45) is 11.1 Å². The molecule has 0 saturated heterocycles. The smallest absolute Gasteiger partial charge is 0.260 e. The highest BCUT2D eigenvalue weighted by atomic mass is 19.3. The quantitative estimate of drug-likeness (QED) is 0.373. The van der Waals surface area contributed by atoms with Gasteiger partial charge in [0.2, 0.25) is 5.91 Å². The molecule has 0 spiro atoms. The van der Waals surface area contributed by atoms with Crippen LogP contribution in [-0.2, 0) is 4.79 Å². The highest BCUT2D eigenvalue weighted by molar-refractivity contribution is 5.99. The van der Waals surface area contributed by atoms with Gasteiger partial charge in [0.25, 0.3) is 5.92 Å². The molecule has 0 bridgehead atoms. The summed E-state index contributed by atoms with van der Waals surface area (Å²) in [6.07, 6.45) is 5.05. The van der Waals surface area contributed by atoms with Gasteiger partial charge in [0.05, 0.1) is 11.2 Å². The summed E-state index contributed by atoms with van der Waals surface area (Å²) < 4.78 is 26.1. The van der Waals surface area contributed by atoms with E-state index in [1.807, 2.05) is 26.0 Å². The number of carbonyl (C=O) groups excluding carboxylic acids is 1. The second-order valence-electron chi connectivity index (χ2n) is 7.28. The molecule has 3 heterocycles. The van der Waals surface area contributed by atoms with Crippen LogP contribution >= 0.6 is 0 Å². The molecule has 7 nitrogen and oxygen atoms in total. The Morgan fingerprint density at radius 2 is 2.00 bits per heavy atom. The number of hydrogen-bond acceptors (Lipinski definition) is 6. The Kier molecular flexibility index (Phi) is 4.89. The number of anilines is 1. The van der Waals surface area contributed by atoms with Gasteiger partial charge in [0.1, 0.15) is 17.4 Å². The van der Waals surface area contributed by atoms with Gasteiger partial charge in [-0.3, -0.25) is 14.8 Å². The molecule has 30 heavy (non-hydrogen) atoms. The van der Waals surface area contributed by atoms with Gasteiger partial charge in [-0.1, -0.05) is 12.1 Å². The van der Waals surface area contributed by atoms with E-state index < -0.39 is 24.2 Å². The molecular formula is C21H19F2N5O2. The average Bonchev–Trinajstić information content (AvgIpc) is 3.37. The van der Waals surface area contributed by atoms with Crippen LogP contribution in [0.1, 0.15) is 31.0 Å². The standard InChI is InChI=1S/C21H19F2N5O2/c1-3-16(28-30)18-4-11(2)14(10-25-18)12-5-13-9-26-19(6-17(13)24-8-12)27-20(29)15-7-21(15,22)23/h4-6,8-10,15,30H,3,7H2,1-2H3,(H,26,27,29)/b28-16-/t15-/m1/s1. The van der Waals surface area contributed by atoms with Crippen molar-refractivity contribution in [1.29, 1.82) is 0 Å². The molecule has 1 aliphatic rings. The van der Waals surface area contributed by atoms with Crippen LogP contribution in [0.5, 0.6) is 0 Å². The van der Waals surface area contributed by atoms with Crippen molar-refractivity contribution < 1.29 is 18.8 Å². The number of alkyl halides is 2. The van der Waals surface area contributed by atoms with E-state index in [0.717, 1.165) is 22.1 Å². The fraction of sp³-hybridized carbons (Fsp3) is 0.286. The molecule has 3 aromatic rings. The van der Waals surface area contributed by atoms with Crippen LogP contribution in [0.3, 0.4) is 0 Å². The van der Waals surface area contributed by atoms with E-state index in [1.54, 1.807) is 18.5 Å². The topological polar surface area (TPSA) is 100 Å². The predicted octanol–water partition coefficient (Wildman–Crippen LogP) is 4.18. The van der Waals surface area contributed by atoms with Crippen molar-refractivity contribution >= 4 is 28.3 Å². The molecule has 1 amide bonds. The lowest BCUT2D eigenvalue weighted by atomic mass is 10.0. The Bertz CT molecular complexity index is 1180. The lowest BCUT2D eigenvalue weighted by molar-refractivity contribution is -0.119. The number of hydrogen-bond donors (Lipinski definition) is 2. The Labute approximate surface area is 170 Å². The summed E-state index contributed by atoms with van der Waals surface area (Å²) in [4.78, 5) is 24.8. The van der Waals surface area contributed by atoms with Crippen LogP contribution < -0.4 is 5.32 Å². The molecule has 1 saturated carbocycles. The zero-order chi connectivity index (χ0) is 21.5. The number of aromatic nitrogens is 3. The summed E-state index contributed by atoms with van der Waals surface area (Å²) in [6, 6.07) is 5.29. The monoisotopic (exact) mass is 411 g/mol. The lowest BCUT2D eigenvalue weighted by Crippen LogP contribution is -2.18. The first-order chi connectivity index (χ1) is 14.3. The maximum atomic E-state index is 13.0. The van der Waals surface area contributed by atoms with Gasteiger partial charge < -0.3 is 10.5 Å².